The minimum atomic E-state index is -0.258. The van der Waals surface area contributed by atoms with Crippen LogP contribution in [0.5, 0.6) is 0 Å². The SMILES string of the molecule is O=C(Nc1ccc(Nc2ccccc2)cc1)c1ccncn1. The fraction of sp³-hybridized carbons (Fsp3) is 0. The summed E-state index contributed by atoms with van der Waals surface area (Å²) in [5, 5.41) is 6.08. The van der Waals surface area contributed by atoms with Crippen LogP contribution < -0.4 is 10.6 Å². The lowest BCUT2D eigenvalue weighted by Gasteiger charge is -2.08. The van der Waals surface area contributed by atoms with Gasteiger partial charge >= 0.3 is 0 Å². The molecule has 0 saturated carbocycles. The van der Waals surface area contributed by atoms with Gasteiger partial charge in [-0.1, -0.05) is 18.2 Å². The second kappa shape index (κ2) is 6.49. The van der Waals surface area contributed by atoms with Gasteiger partial charge in [-0.3, -0.25) is 4.79 Å². The van der Waals surface area contributed by atoms with Crippen molar-refractivity contribution in [3.05, 3.63) is 78.9 Å². The molecular weight excluding hydrogens is 276 g/mol. The monoisotopic (exact) mass is 290 g/mol. The molecule has 108 valence electrons. The highest BCUT2D eigenvalue weighted by Gasteiger charge is 2.06. The highest BCUT2D eigenvalue weighted by atomic mass is 16.1. The Balaban J connectivity index is 1.66. The average Bonchev–Trinajstić information content (AvgIpc) is 2.58. The normalized spacial score (nSPS) is 10.0. The summed E-state index contributed by atoms with van der Waals surface area (Å²) in [4.78, 5) is 19.7. The van der Waals surface area contributed by atoms with Gasteiger partial charge in [-0.15, -0.1) is 0 Å². The maximum absolute atomic E-state index is 12.0. The van der Waals surface area contributed by atoms with E-state index in [2.05, 4.69) is 20.6 Å². The fourth-order valence-electron chi connectivity index (χ4n) is 1.95. The van der Waals surface area contributed by atoms with Gasteiger partial charge in [-0.2, -0.15) is 0 Å². The van der Waals surface area contributed by atoms with Crippen molar-refractivity contribution in [2.24, 2.45) is 0 Å². The van der Waals surface area contributed by atoms with Crippen LogP contribution in [0.2, 0.25) is 0 Å². The molecule has 0 aliphatic carbocycles. The summed E-state index contributed by atoms with van der Waals surface area (Å²) in [5.74, 6) is -0.258. The lowest BCUT2D eigenvalue weighted by Crippen LogP contribution is -2.13. The zero-order valence-corrected chi connectivity index (χ0v) is 11.7. The van der Waals surface area contributed by atoms with E-state index in [9.17, 15) is 4.79 Å². The van der Waals surface area contributed by atoms with Gasteiger partial charge in [0.05, 0.1) is 0 Å². The zero-order valence-electron chi connectivity index (χ0n) is 11.7. The maximum Gasteiger partial charge on any atom is 0.274 e. The molecule has 0 bridgehead atoms. The Labute approximate surface area is 128 Å². The first kappa shape index (κ1) is 13.8. The number of anilines is 3. The van der Waals surface area contributed by atoms with E-state index in [-0.39, 0.29) is 5.91 Å². The highest BCUT2D eigenvalue weighted by Crippen LogP contribution is 2.18. The van der Waals surface area contributed by atoms with Gasteiger partial charge in [-0.05, 0) is 42.5 Å². The third-order valence-electron chi connectivity index (χ3n) is 3.02. The predicted octanol–water partition coefficient (Wildman–Crippen LogP) is 3.47. The molecule has 22 heavy (non-hydrogen) atoms. The Morgan fingerprint density at radius 2 is 1.50 bits per heavy atom. The van der Waals surface area contributed by atoms with Crippen molar-refractivity contribution in [1.29, 1.82) is 0 Å². The summed E-state index contributed by atoms with van der Waals surface area (Å²) in [6.45, 7) is 0. The summed E-state index contributed by atoms with van der Waals surface area (Å²) >= 11 is 0. The number of amides is 1. The first-order valence-electron chi connectivity index (χ1n) is 6.81. The van der Waals surface area contributed by atoms with E-state index in [4.69, 9.17) is 0 Å². The molecule has 2 aromatic carbocycles. The number of rotatable bonds is 4. The summed E-state index contributed by atoms with van der Waals surface area (Å²) in [7, 11) is 0. The van der Waals surface area contributed by atoms with Gasteiger partial charge in [0.2, 0.25) is 0 Å². The molecular formula is C17H14N4O. The van der Waals surface area contributed by atoms with E-state index in [1.165, 1.54) is 12.5 Å². The van der Waals surface area contributed by atoms with E-state index < -0.39 is 0 Å². The molecule has 0 aliphatic rings. The molecule has 0 spiro atoms. The van der Waals surface area contributed by atoms with Crippen molar-refractivity contribution in [3.8, 4) is 0 Å². The molecule has 1 amide bonds. The topological polar surface area (TPSA) is 66.9 Å². The maximum atomic E-state index is 12.0. The van der Waals surface area contributed by atoms with Crippen molar-refractivity contribution >= 4 is 23.0 Å². The van der Waals surface area contributed by atoms with Gasteiger partial charge in [0.15, 0.2) is 0 Å². The summed E-state index contributed by atoms with van der Waals surface area (Å²) in [6, 6.07) is 18.9. The van der Waals surface area contributed by atoms with Crippen LogP contribution in [0.4, 0.5) is 17.1 Å². The summed E-state index contributed by atoms with van der Waals surface area (Å²) in [5.41, 5.74) is 3.01. The summed E-state index contributed by atoms with van der Waals surface area (Å²) in [6.07, 6.45) is 2.89. The molecule has 0 aliphatic heterocycles. The van der Waals surface area contributed by atoms with E-state index in [0.29, 0.717) is 11.4 Å². The second-order valence-corrected chi connectivity index (χ2v) is 4.62. The molecule has 0 unspecified atom stereocenters. The molecule has 5 nitrogen and oxygen atoms in total. The fourth-order valence-corrected chi connectivity index (χ4v) is 1.95. The minimum Gasteiger partial charge on any atom is -0.356 e. The number of hydrogen-bond acceptors (Lipinski definition) is 4. The van der Waals surface area contributed by atoms with Crippen molar-refractivity contribution in [2.45, 2.75) is 0 Å². The largest absolute Gasteiger partial charge is 0.356 e. The molecule has 3 rings (SSSR count). The molecule has 1 aromatic heterocycles. The lowest BCUT2D eigenvalue weighted by atomic mass is 10.2. The second-order valence-electron chi connectivity index (χ2n) is 4.62. The predicted molar refractivity (Wildman–Crippen MR) is 86.2 cm³/mol. The smallest absolute Gasteiger partial charge is 0.274 e. The molecule has 0 radical (unpaired) electrons. The van der Waals surface area contributed by atoms with Crippen molar-refractivity contribution in [2.75, 3.05) is 10.6 Å². The Hall–Kier alpha value is -3.21. The van der Waals surface area contributed by atoms with E-state index in [1.807, 2.05) is 54.6 Å². The third kappa shape index (κ3) is 3.46. The molecule has 0 atom stereocenters. The quantitative estimate of drug-likeness (QED) is 0.772. The number of nitrogens with zero attached hydrogens (tertiary/aromatic N) is 2. The van der Waals surface area contributed by atoms with Crippen LogP contribution in [0.15, 0.2) is 73.2 Å². The average molecular weight is 290 g/mol. The number of benzene rings is 2. The van der Waals surface area contributed by atoms with Crippen LogP contribution >= 0.6 is 0 Å². The first-order valence-corrected chi connectivity index (χ1v) is 6.81. The lowest BCUT2D eigenvalue weighted by molar-refractivity contribution is 0.102. The van der Waals surface area contributed by atoms with Crippen LogP contribution in [0.1, 0.15) is 10.5 Å². The van der Waals surface area contributed by atoms with Crippen molar-refractivity contribution in [1.82, 2.24) is 9.97 Å². The van der Waals surface area contributed by atoms with Crippen LogP contribution in [-0.2, 0) is 0 Å². The molecule has 2 N–H and O–H groups in total. The summed E-state index contributed by atoms with van der Waals surface area (Å²) < 4.78 is 0. The molecule has 3 aromatic rings. The zero-order chi connectivity index (χ0) is 15.2. The van der Waals surface area contributed by atoms with Gasteiger partial charge in [0.25, 0.3) is 5.91 Å². The number of para-hydroxylation sites is 1. The Morgan fingerprint density at radius 1 is 0.818 bits per heavy atom. The van der Waals surface area contributed by atoms with Gasteiger partial charge in [-0.25, -0.2) is 9.97 Å². The van der Waals surface area contributed by atoms with Crippen LogP contribution in [0, 0.1) is 0 Å². The number of carbonyl (C=O) groups is 1. The van der Waals surface area contributed by atoms with Gasteiger partial charge in [0.1, 0.15) is 12.0 Å². The standard InChI is InChI=1S/C17H14N4O/c22-17(16-10-11-18-12-19-16)21-15-8-6-14(7-9-15)20-13-4-2-1-3-5-13/h1-12,20H,(H,21,22). The Morgan fingerprint density at radius 3 is 2.18 bits per heavy atom. The van der Waals surface area contributed by atoms with E-state index in [0.717, 1.165) is 11.4 Å². The van der Waals surface area contributed by atoms with Crippen LogP contribution in [0.25, 0.3) is 0 Å². The van der Waals surface area contributed by atoms with Crippen LogP contribution in [-0.4, -0.2) is 15.9 Å². The molecule has 0 fully saturated rings. The Kier molecular flexibility index (Phi) is 4.06. The molecule has 1 heterocycles. The van der Waals surface area contributed by atoms with Crippen molar-refractivity contribution in [3.63, 3.8) is 0 Å². The van der Waals surface area contributed by atoms with E-state index in [1.54, 1.807) is 6.07 Å². The minimum absolute atomic E-state index is 0.258. The number of nitrogens with one attached hydrogen (secondary N) is 2. The number of carbonyl (C=O) groups excluding carboxylic acids is 1. The van der Waals surface area contributed by atoms with Crippen molar-refractivity contribution < 1.29 is 4.79 Å². The molecule has 5 heteroatoms. The molecule has 0 saturated heterocycles. The third-order valence-corrected chi connectivity index (χ3v) is 3.02. The first-order chi connectivity index (χ1) is 10.8. The van der Waals surface area contributed by atoms with Gasteiger partial charge < -0.3 is 10.6 Å². The van der Waals surface area contributed by atoms with Crippen LogP contribution in [0.3, 0.4) is 0 Å². The Bertz CT molecular complexity index is 743. The highest BCUT2D eigenvalue weighted by molar-refractivity contribution is 6.02. The van der Waals surface area contributed by atoms with Gasteiger partial charge in [0, 0.05) is 23.3 Å². The number of hydrogen-bond donors (Lipinski definition) is 2. The van der Waals surface area contributed by atoms with E-state index >= 15 is 0 Å². The number of aromatic nitrogens is 2.